The first-order valence-corrected chi connectivity index (χ1v) is 7.70. The minimum absolute atomic E-state index is 0.182. The summed E-state index contributed by atoms with van der Waals surface area (Å²) in [5.41, 5.74) is 1.97. The summed E-state index contributed by atoms with van der Waals surface area (Å²) in [7, 11) is 0. The second-order valence-electron chi connectivity index (χ2n) is 5.33. The minimum atomic E-state index is -0.320. The van der Waals surface area contributed by atoms with Crippen molar-refractivity contribution >= 4 is 0 Å². The van der Waals surface area contributed by atoms with Crippen molar-refractivity contribution in [1.82, 2.24) is 9.55 Å². The lowest BCUT2D eigenvalue weighted by Gasteiger charge is -2.08. The maximum atomic E-state index is 13.2. The number of nitrogens with zero attached hydrogens (tertiary/aromatic N) is 2. The van der Waals surface area contributed by atoms with Gasteiger partial charge in [0.1, 0.15) is 11.6 Å². The molecule has 0 aliphatic heterocycles. The molecular formula is C19H17FN2O2. The first-order valence-electron chi connectivity index (χ1n) is 7.70. The van der Waals surface area contributed by atoms with Gasteiger partial charge in [-0.3, -0.25) is 9.36 Å². The van der Waals surface area contributed by atoms with Crippen LogP contribution in [0.1, 0.15) is 12.5 Å². The van der Waals surface area contributed by atoms with Gasteiger partial charge >= 0.3 is 0 Å². The Morgan fingerprint density at radius 2 is 1.92 bits per heavy atom. The number of ether oxygens (including phenoxy) is 1. The Morgan fingerprint density at radius 3 is 2.58 bits per heavy atom. The van der Waals surface area contributed by atoms with Crippen LogP contribution in [0, 0.1) is 5.82 Å². The molecule has 0 saturated heterocycles. The zero-order valence-corrected chi connectivity index (χ0v) is 13.3. The van der Waals surface area contributed by atoms with Crippen LogP contribution in [0.2, 0.25) is 0 Å². The van der Waals surface area contributed by atoms with E-state index in [1.54, 1.807) is 12.1 Å². The number of rotatable bonds is 5. The minimum Gasteiger partial charge on any atom is -0.494 e. The number of benzene rings is 2. The molecule has 24 heavy (non-hydrogen) atoms. The van der Waals surface area contributed by atoms with Crippen molar-refractivity contribution in [2.75, 3.05) is 6.61 Å². The van der Waals surface area contributed by atoms with Crippen LogP contribution in [-0.2, 0) is 6.54 Å². The lowest BCUT2D eigenvalue weighted by Crippen LogP contribution is -2.20. The number of halogens is 1. The lowest BCUT2D eigenvalue weighted by molar-refractivity contribution is 0.340. The van der Waals surface area contributed by atoms with Gasteiger partial charge in [0.25, 0.3) is 5.56 Å². The molecule has 0 unspecified atom stereocenters. The third kappa shape index (κ3) is 3.68. The summed E-state index contributed by atoms with van der Waals surface area (Å²) in [6.45, 7) is 2.81. The highest BCUT2D eigenvalue weighted by molar-refractivity contribution is 5.59. The molecule has 0 fully saturated rings. The van der Waals surface area contributed by atoms with Crippen LogP contribution in [0.3, 0.4) is 0 Å². The molecule has 3 aromatic rings. The standard InChI is InChI=1S/C19H17FN2O2/c1-2-24-17-8-6-15(7-9-17)18-11-19(23)22(13-21-18)12-14-4-3-5-16(20)10-14/h3-11,13H,2,12H2,1H3. The summed E-state index contributed by atoms with van der Waals surface area (Å²) in [4.78, 5) is 16.6. The van der Waals surface area contributed by atoms with Crippen LogP contribution in [0.4, 0.5) is 4.39 Å². The molecule has 0 N–H and O–H groups in total. The molecule has 0 saturated carbocycles. The fourth-order valence-corrected chi connectivity index (χ4v) is 2.42. The summed E-state index contributed by atoms with van der Waals surface area (Å²) in [5, 5.41) is 0. The second kappa shape index (κ2) is 7.08. The van der Waals surface area contributed by atoms with Gasteiger partial charge in [-0.1, -0.05) is 12.1 Å². The summed E-state index contributed by atoms with van der Waals surface area (Å²) in [5.74, 6) is 0.459. The van der Waals surface area contributed by atoms with Gasteiger partial charge in [0.15, 0.2) is 0 Å². The van der Waals surface area contributed by atoms with Crippen molar-refractivity contribution in [3.8, 4) is 17.0 Å². The van der Waals surface area contributed by atoms with E-state index in [9.17, 15) is 9.18 Å². The van der Waals surface area contributed by atoms with E-state index < -0.39 is 0 Å². The van der Waals surface area contributed by atoms with Crippen LogP contribution < -0.4 is 10.3 Å². The van der Waals surface area contributed by atoms with Crippen molar-refractivity contribution in [3.05, 3.63) is 82.7 Å². The molecule has 5 heteroatoms. The average molecular weight is 324 g/mol. The maximum absolute atomic E-state index is 13.2. The van der Waals surface area contributed by atoms with Gasteiger partial charge < -0.3 is 4.74 Å². The van der Waals surface area contributed by atoms with Gasteiger partial charge in [-0.2, -0.15) is 0 Å². The van der Waals surface area contributed by atoms with E-state index in [4.69, 9.17) is 4.74 Å². The molecule has 0 radical (unpaired) electrons. The molecule has 0 spiro atoms. The summed E-state index contributed by atoms with van der Waals surface area (Å²) in [6.07, 6.45) is 1.49. The molecule has 0 bridgehead atoms. The monoisotopic (exact) mass is 324 g/mol. The molecule has 3 rings (SSSR count). The van der Waals surface area contributed by atoms with E-state index in [0.29, 0.717) is 17.9 Å². The van der Waals surface area contributed by atoms with E-state index >= 15 is 0 Å². The highest BCUT2D eigenvalue weighted by Gasteiger charge is 2.05. The van der Waals surface area contributed by atoms with Crippen molar-refractivity contribution < 1.29 is 9.13 Å². The van der Waals surface area contributed by atoms with Crippen LogP contribution >= 0.6 is 0 Å². The summed E-state index contributed by atoms with van der Waals surface area (Å²) < 4.78 is 20.1. The van der Waals surface area contributed by atoms with Crippen molar-refractivity contribution in [2.45, 2.75) is 13.5 Å². The average Bonchev–Trinajstić information content (AvgIpc) is 2.58. The van der Waals surface area contributed by atoms with Crippen LogP contribution in [0.5, 0.6) is 5.75 Å². The zero-order chi connectivity index (χ0) is 16.9. The Hall–Kier alpha value is -2.95. The van der Waals surface area contributed by atoms with Crippen molar-refractivity contribution in [2.24, 2.45) is 0 Å². The van der Waals surface area contributed by atoms with E-state index in [0.717, 1.165) is 11.3 Å². The Morgan fingerprint density at radius 1 is 1.12 bits per heavy atom. The first-order chi connectivity index (χ1) is 11.7. The molecule has 0 aliphatic rings. The molecule has 122 valence electrons. The predicted octanol–water partition coefficient (Wildman–Crippen LogP) is 3.50. The Balaban J connectivity index is 1.83. The summed E-state index contributed by atoms with van der Waals surface area (Å²) >= 11 is 0. The smallest absolute Gasteiger partial charge is 0.254 e. The molecule has 2 aromatic carbocycles. The van der Waals surface area contributed by atoms with Gasteiger partial charge in [0.2, 0.25) is 0 Å². The van der Waals surface area contributed by atoms with Crippen molar-refractivity contribution in [1.29, 1.82) is 0 Å². The van der Waals surface area contributed by atoms with Gasteiger partial charge in [0, 0.05) is 11.6 Å². The van der Waals surface area contributed by atoms with E-state index in [1.807, 2.05) is 31.2 Å². The lowest BCUT2D eigenvalue weighted by atomic mass is 10.1. The molecule has 0 amide bonds. The third-order valence-corrected chi connectivity index (χ3v) is 3.58. The van der Waals surface area contributed by atoms with Crippen LogP contribution in [0.25, 0.3) is 11.3 Å². The SMILES string of the molecule is CCOc1ccc(-c2cc(=O)n(Cc3cccc(F)c3)cn2)cc1. The van der Waals surface area contributed by atoms with Gasteiger partial charge in [-0.05, 0) is 48.9 Å². The number of hydrogen-bond donors (Lipinski definition) is 0. The second-order valence-corrected chi connectivity index (χ2v) is 5.33. The van der Waals surface area contributed by atoms with Crippen LogP contribution in [-0.4, -0.2) is 16.2 Å². The predicted molar refractivity (Wildman–Crippen MR) is 90.6 cm³/mol. The number of hydrogen-bond acceptors (Lipinski definition) is 3. The van der Waals surface area contributed by atoms with E-state index in [2.05, 4.69) is 4.98 Å². The molecule has 1 aromatic heterocycles. The van der Waals surface area contributed by atoms with Crippen molar-refractivity contribution in [3.63, 3.8) is 0 Å². The largest absolute Gasteiger partial charge is 0.494 e. The van der Waals surface area contributed by atoms with Crippen LogP contribution in [0.15, 0.2) is 65.7 Å². The first kappa shape index (κ1) is 15.9. The third-order valence-electron chi connectivity index (χ3n) is 3.58. The number of aromatic nitrogens is 2. The molecule has 0 atom stereocenters. The quantitative estimate of drug-likeness (QED) is 0.721. The van der Waals surface area contributed by atoms with Gasteiger partial charge in [-0.25, -0.2) is 9.37 Å². The maximum Gasteiger partial charge on any atom is 0.254 e. The van der Waals surface area contributed by atoms with E-state index in [-0.39, 0.29) is 17.9 Å². The molecule has 4 nitrogen and oxygen atoms in total. The van der Waals surface area contributed by atoms with E-state index in [1.165, 1.54) is 29.1 Å². The fourth-order valence-electron chi connectivity index (χ4n) is 2.42. The van der Waals surface area contributed by atoms with Gasteiger partial charge in [0.05, 0.1) is 25.2 Å². The topological polar surface area (TPSA) is 44.1 Å². The molecule has 0 aliphatic carbocycles. The zero-order valence-electron chi connectivity index (χ0n) is 13.3. The van der Waals surface area contributed by atoms with Gasteiger partial charge in [-0.15, -0.1) is 0 Å². The normalized spacial score (nSPS) is 10.6. The summed E-state index contributed by atoms with van der Waals surface area (Å²) in [6, 6.07) is 15.1. The highest BCUT2D eigenvalue weighted by atomic mass is 19.1. The highest BCUT2D eigenvalue weighted by Crippen LogP contribution is 2.19. The molecular weight excluding hydrogens is 307 g/mol. The molecule has 1 heterocycles. The Bertz CT molecular complexity index is 888. The Labute approximate surface area is 139 Å². The fraction of sp³-hybridized carbons (Fsp3) is 0.158. The Kier molecular flexibility index (Phi) is 4.70.